The molecule has 1 fully saturated rings. The third-order valence-electron chi connectivity index (χ3n) is 6.93. The van der Waals surface area contributed by atoms with Crippen LogP contribution >= 0.6 is 0 Å². The van der Waals surface area contributed by atoms with Gasteiger partial charge in [0, 0.05) is 18.2 Å². The number of hydrogen-bond donors (Lipinski definition) is 1. The molecule has 0 spiro atoms. The summed E-state index contributed by atoms with van der Waals surface area (Å²) < 4.78 is 6.21. The molecule has 5 rings (SSSR count). The van der Waals surface area contributed by atoms with Gasteiger partial charge in [0.05, 0.1) is 6.04 Å². The second-order valence-electron chi connectivity index (χ2n) is 9.60. The van der Waals surface area contributed by atoms with Crippen molar-refractivity contribution < 1.29 is 14.3 Å². The van der Waals surface area contributed by atoms with Crippen molar-refractivity contribution >= 4 is 17.5 Å². The van der Waals surface area contributed by atoms with Crippen molar-refractivity contribution in [3.63, 3.8) is 0 Å². The number of amides is 2. The van der Waals surface area contributed by atoms with Crippen LogP contribution in [0.3, 0.4) is 0 Å². The maximum Gasteiger partial charge on any atom is 0.265 e. The highest BCUT2D eigenvalue weighted by atomic mass is 16.5. The summed E-state index contributed by atoms with van der Waals surface area (Å²) in [4.78, 5) is 28.2. The van der Waals surface area contributed by atoms with E-state index < -0.39 is 6.10 Å². The minimum absolute atomic E-state index is 0.144. The van der Waals surface area contributed by atoms with Gasteiger partial charge in [0.2, 0.25) is 5.91 Å². The zero-order valence-electron chi connectivity index (χ0n) is 20.4. The summed E-state index contributed by atoms with van der Waals surface area (Å²) in [5, 5.41) is 2.94. The predicted molar refractivity (Wildman–Crippen MR) is 137 cm³/mol. The number of para-hydroxylation sites is 1. The monoisotopic (exact) mass is 468 g/mol. The van der Waals surface area contributed by atoms with Gasteiger partial charge in [-0.2, -0.15) is 0 Å². The second kappa shape index (κ2) is 9.95. The number of nitrogens with one attached hydrogen (secondary N) is 1. The molecule has 0 radical (unpaired) electrons. The Morgan fingerprint density at radius 3 is 2.46 bits per heavy atom. The minimum Gasteiger partial charge on any atom is -0.481 e. The number of hydrogen-bond acceptors (Lipinski definition) is 3. The van der Waals surface area contributed by atoms with E-state index in [2.05, 4.69) is 42.6 Å². The van der Waals surface area contributed by atoms with Gasteiger partial charge in [-0.25, -0.2) is 0 Å². The van der Waals surface area contributed by atoms with E-state index in [9.17, 15) is 9.59 Å². The SMILES string of the molecule is CC[C@H](Oc1ccc2c(c1)[C@@H](c1ccc(C)cc1)N(C(=O)C1CC1)CC2)C(=O)Nc1ccccc1. The Labute approximate surface area is 207 Å². The maximum atomic E-state index is 13.2. The summed E-state index contributed by atoms with van der Waals surface area (Å²) in [6.45, 7) is 4.74. The molecule has 1 N–H and O–H groups in total. The fourth-order valence-electron chi connectivity index (χ4n) is 4.81. The second-order valence-corrected chi connectivity index (χ2v) is 9.60. The molecule has 1 saturated carbocycles. The van der Waals surface area contributed by atoms with Crippen LogP contribution in [0.1, 0.15) is 54.5 Å². The molecule has 5 nitrogen and oxygen atoms in total. The summed E-state index contributed by atoms with van der Waals surface area (Å²) in [5.41, 5.74) is 5.36. The fraction of sp³-hybridized carbons (Fsp3) is 0.333. The van der Waals surface area contributed by atoms with E-state index in [4.69, 9.17) is 4.74 Å². The van der Waals surface area contributed by atoms with Crippen LogP contribution in [0.25, 0.3) is 0 Å². The number of carbonyl (C=O) groups excluding carboxylic acids is 2. The van der Waals surface area contributed by atoms with Gasteiger partial charge < -0.3 is 15.0 Å². The summed E-state index contributed by atoms with van der Waals surface area (Å²) in [7, 11) is 0. The van der Waals surface area contributed by atoms with Crippen LogP contribution in [0.2, 0.25) is 0 Å². The number of aryl methyl sites for hydroxylation is 1. The van der Waals surface area contributed by atoms with Gasteiger partial charge in [0.25, 0.3) is 5.91 Å². The molecule has 180 valence electrons. The van der Waals surface area contributed by atoms with Crippen molar-refractivity contribution in [2.75, 3.05) is 11.9 Å². The van der Waals surface area contributed by atoms with E-state index in [-0.39, 0.29) is 23.8 Å². The van der Waals surface area contributed by atoms with Gasteiger partial charge in [-0.3, -0.25) is 9.59 Å². The number of fused-ring (bicyclic) bond motifs is 1. The van der Waals surface area contributed by atoms with Crippen LogP contribution in [0.15, 0.2) is 72.8 Å². The standard InChI is InChI=1S/C30H32N2O3/c1-3-27(29(33)31-24-7-5-4-6-8-24)35-25-16-15-21-17-18-32(30(34)23-13-14-23)28(26(21)19-25)22-11-9-20(2)10-12-22/h4-12,15-16,19,23,27-28H,3,13-14,17-18H2,1-2H3,(H,31,33)/t27-,28+/m0/s1. The lowest BCUT2D eigenvalue weighted by molar-refractivity contribution is -0.134. The number of benzene rings is 3. The quantitative estimate of drug-likeness (QED) is 0.486. The van der Waals surface area contributed by atoms with Crippen molar-refractivity contribution in [1.29, 1.82) is 0 Å². The largest absolute Gasteiger partial charge is 0.481 e. The van der Waals surface area contributed by atoms with Gasteiger partial charge in [-0.15, -0.1) is 0 Å². The van der Waals surface area contributed by atoms with E-state index in [0.717, 1.165) is 42.6 Å². The average Bonchev–Trinajstić information content (AvgIpc) is 3.73. The Morgan fingerprint density at radius 2 is 1.77 bits per heavy atom. The fourth-order valence-corrected chi connectivity index (χ4v) is 4.81. The predicted octanol–water partition coefficient (Wildman–Crippen LogP) is 5.68. The molecule has 2 aliphatic rings. The normalized spacial score (nSPS) is 17.9. The van der Waals surface area contributed by atoms with Crippen molar-refractivity contribution in [2.24, 2.45) is 5.92 Å². The molecule has 2 amide bonds. The summed E-state index contributed by atoms with van der Waals surface area (Å²) in [6.07, 6.45) is 2.73. The Kier molecular flexibility index (Phi) is 6.58. The molecule has 0 saturated heterocycles. The Hall–Kier alpha value is -3.60. The van der Waals surface area contributed by atoms with Crippen LogP contribution in [0, 0.1) is 12.8 Å². The first-order valence-electron chi connectivity index (χ1n) is 12.6. The lowest BCUT2D eigenvalue weighted by Crippen LogP contribution is -2.41. The zero-order chi connectivity index (χ0) is 24.4. The number of carbonyl (C=O) groups is 2. The molecule has 35 heavy (non-hydrogen) atoms. The highest BCUT2D eigenvalue weighted by molar-refractivity contribution is 5.94. The lowest BCUT2D eigenvalue weighted by atomic mass is 9.87. The zero-order valence-corrected chi connectivity index (χ0v) is 20.4. The molecule has 5 heteroatoms. The van der Waals surface area contributed by atoms with E-state index in [0.29, 0.717) is 12.2 Å². The smallest absolute Gasteiger partial charge is 0.265 e. The molecule has 1 aliphatic carbocycles. The summed E-state index contributed by atoms with van der Waals surface area (Å²) in [5.74, 6) is 0.894. The van der Waals surface area contributed by atoms with E-state index in [1.54, 1.807) is 0 Å². The number of nitrogens with zero attached hydrogens (tertiary/aromatic N) is 1. The van der Waals surface area contributed by atoms with E-state index in [1.807, 2.05) is 54.3 Å². The highest BCUT2D eigenvalue weighted by Gasteiger charge is 2.39. The molecule has 2 atom stereocenters. The number of ether oxygens (including phenoxy) is 1. The first kappa shape index (κ1) is 23.2. The van der Waals surface area contributed by atoms with Crippen molar-refractivity contribution in [2.45, 2.75) is 51.7 Å². The Morgan fingerprint density at radius 1 is 1.03 bits per heavy atom. The van der Waals surface area contributed by atoms with Gasteiger partial charge in [0.15, 0.2) is 6.10 Å². The highest BCUT2D eigenvalue weighted by Crippen LogP contribution is 2.41. The van der Waals surface area contributed by atoms with Gasteiger partial charge in [-0.05, 0) is 73.6 Å². The van der Waals surface area contributed by atoms with Crippen molar-refractivity contribution in [3.05, 3.63) is 95.1 Å². The van der Waals surface area contributed by atoms with Crippen LogP contribution in [0.4, 0.5) is 5.69 Å². The first-order chi connectivity index (χ1) is 17.0. The molecule has 3 aromatic carbocycles. The molecule has 1 aliphatic heterocycles. The molecular formula is C30H32N2O3. The first-order valence-corrected chi connectivity index (χ1v) is 12.6. The molecule has 0 bridgehead atoms. The van der Waals surface area contributed by atoms with Crippen LogP contribution in [-0.4, -0.2) is 29.4 Å². The van der Waals surface area contributed by atoms with Crippen molar-refractivity contribution in [3.8, 4) is 5.75 Å². The number of rotatable bonds is 7. The third-order valence-corrected chi connectivity index (χ3v) is 6.93. The van der Waals surface area contributed by atoms with E-state index in [1.165, 1.54) is 11.1 Å². The maximum absolute atomic E-state index is 13.2. The topological polar surface area (TPSA) is 58.6 Å². The van der Waals surface area contributed by atoms with Crippen LogP contribution in [0.5, 0.6) is 5.75 Å². The van der Waals surface area contributed by atoms with Gasteiger partial charge in [0.1, 0.15) is 5.75 Å². The van der Waals surface area contributed by atoms with Crippen LogP contribution < -0.4 is 10.1 Å². The van der Waals surface area contributed by atoms with Gasteiger partial charge >= 0.3 is 0 Å². The molecular weight excluding hydrogens is 436 g/mol. The van der Waals surface area contributed by atoms with E-state index >= 15 is 0 Å². The Balaban J connectivity index is 1.43. The number of anilines is 1. The molecule has 1 heterocycles. The minimum atomic E-state index is -0.612. The van der Waals surface area contributed by atoms with Crippen molar-refractivity contribution in [1.82, 2.24) is 4.90 Å². The molecule has 0 aromatic heterocycles. The molecule has 0 unspecified atom stereocenters. The summed E-state index contributed by atoms with van der Waals surface area (Å²) >= 11 is 0. The Bertz CT molecular complexity index is 1200. The van der Waals surface area contributed by atoms with Gasteiger partial charge in [-0.1, -0.05) is 61.0 Å². The summed E-state index contributed by atoms with van der Waals surface area (Å²) in [6, 6.07) is 23.8. The lowest BCUT2D eigenvalue weighted by Gasteiger charge is -2.38. The third kappa shape index (κ3) is 5.09. The molecule has 3 aromatic rings. The average molecular weight is 469 g/mol. The van der Waals surface area contributed by atoms with Crippen LogP contribution in [-0.2, 0) is 16.0 Å².